The number of hydrogen-bond acceptors (Lipinski definition) is 3. The molecule has 1 amide bonds. The molecule has 0 saturated carbocycles. The number of hydrogen-bond donors (Lipinski definition) is 2. The van der Waals surface area contributed by atoms with Gasteiger partial charge in [-0.25, -0.2) is 4.39 Å². The summed E-state index contributed by atoms with van der Waals surface area (Å²) >= 11 is 1.73. The molecule has 3 nitrogen and oxygen atoms in total. The molecule has 1 rings (SSSR count). The molecule has 0 bridgehead atoms. The molecule has 1 aromatic rings. The average Bonchev–Trinajstić information content (AvgIpc) is 2.30. The lowest BCUT2D eigenvalue weighted by Crippen LogP contribution is -2.29. The monoisotopic (exact) mass is 256 g/mol. The predicted molar refractivity (Wildman–Crippen MR) is 70.7 cm³/mol. The first-order chi connectivity index (χ1) is 8.04. The van der Waals surface area contributed by atoms with Gasteiger partial charge in [0, 0.05) is 12.1 Å². The number of nitrogens with two attached hydrogens (primary N) is 1. The lowest BCUT2D eigenvalue weighted by atomic mass is 10.1. The van der Waals surface area contributed by atoms with E-state index in [2.05, 4.69) is 12.2 Å². The van der Waals surface area contributed by atoms with Gasteiger partial charge in [-0.3, -0.25) is 4.79 Å². The smallest absolute Gasteiger partial charge is 0.251 e. The van der Waals surface area contributed by atoms with Gasteiger partial charge in [0.1, 0.15) is 5.82 Å². The molecule has 0 radical (unpaired) electrons. The van der Waals surface area contributed by atoms with Gasteiger partial charge in [-0.2, -0.15) is 11.8 Å². The zero-order valence-electron chi connectivity index (χ0n) is 10.00. The van der Waals surface area contributed by atoms with Crippen LogP contribution in [0.25, 0.3) is 0 Å². The zero-order valence-corrected chi connectivity index (χ0v) is 10.8. The lowest BCUT2D eigenvalue weighted by Gasteiger charge is -2.11. The van der Waals surface area contributed by atoms with E-state index >= 15 is 0 Å². The average molecular weight is 256 g/mol. The number of nitrogens with one attached hydrogen (secondary N) is 1. The Balaban J connectivity index is 2.55. The number of nitrogen functional groups attached to an aromatic ring is 1. The number of rotatable bonds is 5. The van der Waals surface area contributed by atoms with Gasteiger partial charge in [0.25, 0.3) is 5.91 Å². The quantitative estimate of drug-likeness (QED) is 0.794. The summed E-state index contributed by atoms with van der Waals surface area (Å²) in [5.74, 6) is 0.551. The minimum absolute atomic E-state index is 0.0531. The van der Waals surface area contributed by atoms with Crippen LogP contribution in [0, 0.1) is 11.7 Å². The summed E-state index contributed by atoms with van der Waals surface area (Å²) in [5, 5.41) is 2.77. The molecule has 0 saturated heterocycles. The summed E-state index contributed by atoms with van der Waals surface area (Å²) in [5.41, 5.74) is 5.69. The van der Waals surface area contributed by atoms with Gasteiger partial charge in [-0.1, -0.05) is 6.92 Å². The molecule has 0 aliphatic carbocycles. The maximum atomic E-state index is 13.2. The molecule has 5 heteroatoms. The third kappa shape index (κ3) is 4.26. The van der Waals surface area contributed by atoms with E-state index in [0.717, 1.165) is 11.8 Å². The van der Waals surface area contributed by atoms with Crippen molar-refractivity contribution in [2.75, 3.05) is 24.3 Å². The molecule has 1 aromatic carbocycles. The molecular formula is C12H17FN2OS. The Bertz CT molecular complexity index is 398. The Hall–Kier alpha value is -1.23. The van der Waals surface area contributed by atoms with E-state index < -0.39 is 5.82 Å². The van der Waals surface area contributed by atoms with E-state index in [1.54, 1.807) is 11.8 Å². The second-order valence-corrected chi connectivity index (χ2v) is 4.92. The van der Waals surface area contributed by atoms with Crippen molar-refractivity contribution >= 4 is 23.4 Å². The summed E-state index contributed by atoms with van der Waals surface area (Å²) in [6.07, 6.45) is 2.02. The number of carbonyl (C=O) groups is 1. The molecule has 17 heavy (non-hydrogen) atoms. The number of carbonyl (C=O) groups excluding carboxylic acids is 1. The number of anilines is 1. The second-order valence-electron chi connectivity index (χ2n) is 4.01. The Morgan fingerprint density at radius 1 is 1.59 bits per heavy atom. The lowest BCUT2D eigenvalue weighted by molar-refractivity contribution is 0.0949. The Morgan fingerprint density at radius 2 is 2.29 bits per heavy atom. The molecule has 1 unspecified atom stereocenters. The zero-order chi connectivity index (χ0) is 12.8. The first-order valence-electron chi connectivity index (χ1n) is 5.36. The number of benzene rings is 1. The predicted octanol–water partition coefficient (Wildman–Crippen LogP) is 2.14. The summed E-state index contributed by atoms with van der Waals surface area (Å²) in [6, 6.07) is 4.08. The Labute approximate surface area is 105 Å². The van der Waals surface area contributed by atoms with Gasteiger partial charge < -0.3 is 11.1 Å². The van der Waals surface area contributed by atoms with Crippen molar-refractivity contribution in [2.45, 2.75) is 6.92 Å². The van der Waals surface area contributed by atoms with Crippen LogP contribution in [0.2, 0.25) is 0 Å². The fourth-order valence-electron chi connectivity index (χ4n) is 1.38. The van der Waals surface area contributed by atoms with Crippen molar-refractivity contribution in [1.82, 2.24) is 5.32 Å². The number of thioether (sulfide) groups is 1. The molecule has 0 aromatic heterocycles. The van der Waals surface area contributed by atoms with Crippen LogP contribution in [0.1, 0.15) is 17.3 Å². The van der Waals surface area contributed by atoms with Gasteiger partial charge in [-0.15, -0.1) is 0 Å². The molecule has 94 valence electrons. The third-order valence-corrected chi connectivity index (χ3v) is 3.23. The second kappa shape index (κ2) is 6.49. The number of halogens is 1. The fraction of sp³-hybridized carbons (Fsp3) is 0.417. The summed E-state index contributed by atoms with van der Waals surface area (Å²) in [7, 11) is 0. The van der Waals surface area contributed by atoms with Gasteiger partial charge in [-0.05, 0) is 36.1 Å². The normalized spacial score (nSPS) is 12.2. The molecule has 0 fully saturated rings. The van der Waals surface area contributed by atoms with Crippen molar-refractivity contribution in [3.05, 3.63) is 29.6 Å². The van der Waals surface area contributed by atoms with Crippen LogP contribution in [0.5, 0.6) is 0 Å². The maximum Gasteiger partial charge on any atom is 0.251 e. The highest BCUT2D eigenvalue weighted by Gasteiger charge is 2.09. The summed E-state index contributed by atoms with van der Waals surface area (Å²) < 4.78 is 13.2. The van der Waals surface area contributed by atoms with Gasteiger partial charge >= 0.3 is 0 Å². The molecular weight excluding hydrogens is 239 g/mol. The first-order valence-corrected chi connectivity index (χ1v) is 6.76. The van der Waals surface area contributed by atoms with E-state index in [4.69, 9.17) is 5.73 Å². The topological polar surface area (TPSA) is 55.1 Å². The van der Waals surface area contributed by atoms with Gasteiger partial charge in [0.2, 0.25) is 0 Å². The standard InChI is InChI=1S/C12H17FN2OS/c1-8(7-17-2)6-15-12(16)9-3-4-11(14)10(13)5-9/h3-5,8H,6-7,14H2,1-2H3,(H,15,16). The van der Waals surface area contributed by atoms with Crippen LogP contribution in [0.15, 0.2) is 18.2 Å². The van der Waals surface area contributed by atoms with E-state index in [1.165, 1.54) is 12.1 Å². The summed E-state index contributed by atoms with van der Waals surface area (Å²) in [6.45, 7) is 2.64. The van der Waals surface area contributed by atoms with Crippen LogP contribution in [0.3, 0.4) is 0 Å². The third-order valence-electron chi connectivity index (χ3n) is 2.32. The highest BCUT2D eigenvalue weighted by molar-refractivity contribution is 7.98. The Morgan fingerprint density at radius 3 is 2.88 bits per heavy atom. The molecule has 0 heterocycles. The Kier molecular flexibility index (Phi) is 5.28. The molecule has 0 aliphatic rings. The van der Waals surface area contributed by atoms with E-state index in [0.29, 0.717) is 18.0 Å². The van der Waals surface area contributed by atoms with Crippen LogP contribution < -0.4 is 11.1 Å². The van der Waals surface area contributed by atoms with Crippen LogP contribution in [0.4, 0.5) is 10.1 Å². The van der Waals surface area contributed by atoms with Crippen LogP contribution >= 0.6 is 11.8 Å². The van der Waals surface area contributed by atoms with Crippen LogP contribution in [-0.4, -0.2) is 24.5 Å². The van der Waals surface area contributed by atoms with E-state index in [-0.39, 0.29) is 11.6 Å². The van der Waals surface area contributed by atoms with Gasteiger partial charge in [0.05, 0.1) is 5.69 Å². The summed E-state index contributed by atoms with van der Waals surface area (Å²) in [4.78, 5) is 11.7. The highest BCUT2D eigenvalue weighted by Crippen LogP contribution is 2.12. The minimum Gasteiger partial charge on any atom is -0.396 e. The molecule has 0 spiro atoms. The minimum atomic E-state index is -0.560. The SMILES string of the molecule is CSCC(C)CNC(=O)c1ccc(N)c(F)c1. The van der Waals surface area contributed by atoms with E-state index in [9.17, 15) is 9.18 Å². The molecule has 3 N–H and O–H groups in total. The van der Waals surface area contributed by atoms with Crippen molar-refractivity contribution in [2.24, 2.45) is 5.92 Å². The number of amides is 1. The van der Waals surface area contributed by atoms with E-state index in [1.807, 2.05) is 6.26 Å². The molecule has 1 atom stereocenters. The van der Waals surface area contributed by atoms with Gasteiger partial charge in [0.15, 0.2) is 0 Å². The first kappa shape index (κ1) is 13.8. The van der Waals surface area contributed by atoms with Crippen LogP contribution in [-0.2, 0) is 0 Å². The highest BCUT2D eigenvalue weighted by atomic mass is 32.2. The van der Waals surface area contributed by atoms with Crippen molar-refractivity contribution in [1.29, 1.82) is 0 Å². The van der Waals surface area contributed by atoms with Crippen molar-refractivity contribution < 1.29 is 9.18 Å². The van der Waals surface area contributed by atoms with Crippen molar-refractivity contribution in [3.8, 4) is 0 Å². The molecule has 0 aliphatic heterocycles. The fourth-order valence-corrected chi connectivity index (χ4v) is 2.07. The van der Waals surface area contributed by atoms with Crippen molar-refractivity contribution in [3.63, 3.8) is 0 Å². The largest absolute Gasteiger partial charge is 0.396 e. The maximum absolute atomic E-state index is 13.2.